The largest absolute Gasteiger partial charge is 2.00 e. The number of nitro groups is 2. The molecule has 2 aromatic heterocycles. The van der Waals surface area contributed by atoms with Crippen molar-refractivity contribution < 1.29 is 40.5 Å². The summed E-state index contributed by atoms with van der Waals surface area (Å²) in [5.41, 5.74) is 11.1. The van der Waals surface area contributed by atoms with Crippen molar-refractivity contribution in [2.24, 2.45) is 46.0 Å². The van der Waals surface area contributed by atoms with Crippen molar-refractivity contribution in [3.63, 3.8) is 0 Å². The molecule has 2 aromatic carbocycles. The van der Waals surface area contributed by atoms with Crippen LogP contribution in [0.5, 0.6) is 11.8 Å². The van der Waals surface area contributed by atoms with Gasteiger partial charge in [-0.1, -0.05) is 0 Å². The molecule has 4 N–H and O–H groups in total. The molecule has 0 radical (unpaired) electrons. The van der Waals surface area contributed by atoms with Crippen molar-refractivity contribution in [2.45, 2.75) is 0 Å². The van der Waals surface area contributed by atoms with Crippen LogP contribution in [0.1, 0.15) is 0 Å². The van der Waals surface area contributed by atoms with Crippen LogP contribution in [0.25, 0.3) is 21.8 Å². The molecule has 4 rings (SSSR count). The standard InChI is InChI=1S/2C10H9N5O3S.Pd/c2*1-14-7-4-5(15(17)18)2-3-6(7)8(9(14)16)12-13-10(11)19;/h2*2-4,16H,1H3,(H2,11,19);/q;;+2/p-2. The maximum absolute atomic E-state index is 11.9. The number of thiocarbonyl (C=S) groups is 2. The van der Waals surface area contributed by atoms with Crippen LogP contribution < -0.4 is 21.7 Å². The van der Waals surface area contributed by atoms with E-state index in [9.17, 15) is 30.4 Å². The molecule has 0 fully saturated rings. The van der Waals surface area contributed by atoms with E-state index >= 15 is 0 Å². The van der Waals surface area contributed by atoms with E-state index in [1.54, 1.807) is 0 Å². The van der Waals surface area contributed by atoms with Gasteiger partial charge in [0.1, 0.15) is 11.4 Å². The van der Waals surface area contributed by atoms with E-state index in [-0.39, 0.29) is 53.4 Å². The number of hydrogen-bond donors (Lipinski definition) is 2. The van der Waals surface area contributed by atoms with Crippen molar-refractivity contribution in [1.82, 2.24) is 9.13 Å². The van der Waals surface area contributed by atoms with Crippen LogP contribution in [-0.2, 0) is 34.5 Å². The van der Waals surface area contributed by atoms with Crippen LogP contribution >= 0.6 is 24.4 Å². The van der Waals surface area contributed by atoms with Crippen LogP contribution in [0.15, 0.2) is 56.9 Å². The third kappa shape index (κ3) is 6.53. The first kappa shape index (κ1) is 30.8. The van der Waals surface area contributed by atoms with E-state index in [0.717, 1.165) is 0 Å². The molecule has 19 heteroatoms. The minimum Gasteiger partial charge on any atom is -0.858 e. The summed E-state index contributed by atoms with van der Waals surface area (Å²) >= 11 is 9.08. The van der Waals surface area contributed by atoms with Gasteiger partial charge in [0, 0.05) is 49.1 Å². The number of nitrogens with zero attached hydrogens (tertiary/aromatic N) is 8. The van der Waals surface area contributed by atoms with Gasteiger partial charge in [-0.05, 0) is 48.3 Å². The van der Waals surface area contributed by atoms with Gasteiger partial charge in [-0.25, -0.2) is 0 Å². The number of nitro benzene ring substituents is 2. The Morgan fingerprint density at radius 2 is 1.10 bits per heavy atom. The average Bonchev–Trinajstić information content (AvgIpc) is 3.25. The van der Waals surface area contributed by atoms with Gasteiger partial charge in [-0.3, -0.25) is 20.2 Å². The fourth-order valence-corrected chi connectivity index (χ4v) is 3.46. The third-order valence-electron chi connectivity index (χ3n) is 5.13. The van der Waals surface area contributed by atoms with Gasteiger partial charge in [0.25, 0.3) is 11.4 Å². The molecule has 16 nitrogen and oxygen atoms in total. The van der Waals surface area contributed by atoms with Crippen LogP contribution in [0.4, 0.5) is 22.7 Å². The summed E-state index contributed by atoms with van der Waals surface area (Å²) in [6.45, 7) is 0. The zero-order chi connectivity index (χ0) is 28.3. The Kier molecular flexibility index (Phi) is 9.79. The topological polar surface area (TPSA) is 244 Å². The first-order valence-corrected chi connectivity index (χ1v) is 10.9. The summed E-state index contributed by atoms with van der Waals surface area (Å²) in [5, 5.41) is 60.1. The molecular weight excluding hydrogens is 647 g/mol. The molecule has 4 aromatic rings. The summed E-state index contributed by atoms with van der Waals surface area (Å²) in [6.07, 6.45) is 0. The second-order valence-corrected chi connectivity index (χ2v) is 8.26. The fraction of sp³-hybridized carbons (Fsp3) is 0.100. The zero-order valence-electron chi connectivity index (χ0n) is 19.8. The first-order valence-electron chi connectivity index (χ1n) is 10.1. The molecular formula is C20H16N10O6PdS2. The van der Waals surface area contributed by atoms with Crippen LogP contribution in [0.2, 0.25) is 0 Å². The smallest absolute Gasteiger partial charge is 0.858 e. The van der Waals surface area contributed by atoms with Gasteiger partial charge in [-0.2, -0.15) is 0 Å². The molecule has 0 aliphatic rings. The van der Waals surface area contributed by atoms with Gasteiger partial charge in [0.05, 0.1) is 20.9 Å². The molecule has 0 saturated carbocycles. The number of nitrogens with two attached hydrogens (primary N) is 2. The average molecular weight is 663 g/mol. The molecule has 0 bridgehead atoms. The number of azo groups is 2. The van der Waals surface area contributed by atoms with E-state index in [1.165, 1.54) is 59.6 Å². The molecule has 0 aliphatic heterocycles. The molecule has 39 heavy (non-hydrogen) atoms. The molecule has 0 amide bonds. The number of non-ortho nitro benzene ring substituents is 2. The van der Waals surface area contributed by atoms with E-state index in [0.29, 0.717) is 21.8 Å². The van der Waals surface area contributed by atoms with E-state index in [1.807, 2.05) is 0 Å². The Labute approximate surface area is 242 Å². The molecule has 0 saturated heterocycles. The van der Waals surface area contributed by atoms with E-state index in [2.05, 4.69) is 44.9 Å². The Morgan fingerprint density at radius 1 is 0.769 bits per heavy atom. The second kappa shape index (κ2) is 12.4. The van der Waals surface area contributed by atoms with Gasteiger partial charge in [0.2, 0.25) is 10.2 Å². The normalized spacial score (nSPS) is 10.9. The van der Waals surface area contributed by atoms with Crippen LogP contribution in [0.3, 0.4) is 0 Å². The van der Waals surface area contributed by atoms with Crippen LogP contribution in [0, 0.1) is 20.2 Å². The predicted molar refractivity (Wildman–Crippen MR) is 141 cm³/mol. The molecule has 0 aliphatic carbocycles. The SMILES string of the molecule is Cn1c([O-])c(N=NC(N)=S)c2ccc([N+](=O)[O-])cc21.Cn1c([O-])c(N=NC(N)=S)c2ccc([N+](=O)[O-])cc21.[Pd+2]. The third-order valence-corrected chi connectivity index (χ3v) is 5.29. The molecule has 0 atom stereocenters. The van der Waals surface area contributed by atoms with Crippen molar-refractivity contribution in [3.8, 4) is 11.8 Å². The molecule has 0 spiro atoms. The van der Waals surface area contributed by atoms with Gasteiger partial charge >= 0.3 is 20.4 Å². The summed E-state index contributed by atoms with van der Waals surface area (Å²) in [7, 11) is 2.99. The summed E-state index contributed by atoms with van der Waals surface area (Å²) in [4.78, 5) is 20.3. The monoisotopic (exact) mass is 662 g/mol. The number of aromatic nitrogens is 2. The number of fused-ring (bicyclic) bond motifs is 2. The predicted octanol–water partition coefficient (Wildman–Crippen LogP) is 2.97. The number of benzene rings is 2. The van der Waals surface area contributed by atoms with E-state index < -0.39 is 21.6 Å². The first-order chi connectivity index (χ1) is 17.8. The molecule has 204 valence electrons. The maximum Gasteiger partial charge on any atom is 2.00 e. The second-order valence-electron chi connectivity index (χ2n) is 7.42. The number of aryl methyl sites for hydroxylation is 2. The minimum atomic E-state index is -0.535. The van der Waals surface area contributed by atoms with Crippen molar-refractivity contribution in [3.05, 3.63) is 56.6 Å². The minimum absolute atomic E-state index is 0. The summed E-state index contributed by atoms with van der Waals surface area (Å²) in [5.74, 6) is -0.842. The summed E-state index contributed by atoms with van der Waals surface area (Å²) < 4.78 is 2.52. The molecule has 0 unspecified atom stereocenters. The number of rotatable bonds is 4. The van der Waals surface area contributed by atoms with Crippen molar-refractivity contribution in [2.75, 3.05) is 0 Å². The van der Waals surface area contributed by atoms with Gasteiger partial charge in [0.15, 0.2) is 0 Å². The van der Waals surface area contributed by atoms with Gasteiger partial charge < -0.3 is 30.8 Å². The number of hydrogen-bond acceptors (Lipinski definition) is 10. The van der Waals surface area contributed by atoms with Crippen LogP contribution in [-0.4, -0.2) is 29.2 Å². The Hall–Kier alpha value is -4.44. The molecule has 2 heterocycles. The van der Waals surface area contributed by atoms with Gasteiger partial charge in [-0.15, -0.1) is 20.5 Å². The van der Waals surface area contributed by atoms with E-state index in [4.69, 9.17) is 11.5 Å². The Morgan fingerprint density at radius 3 is 1.38 bits per heavy atom. The maximum atomic E-state index is 11.9. The Balaban J connectivity index is 0.000000267. The van der Waals surface area contributed by atoms with Crippen molar-refractivity contribution >= 4 is 79.2 Å². The van der Waals surface area contributed by atoms with Crippen molar-refractivity contribution in [1.29, 1.82) is 0 Å². The zero-order valence-corrected chi connectivity index (χ0v) is 23.0. The Bertz CT molecular complexity index is 1570. The quantitative estimate of drug-likeness (QED) is 0.106. The summed E-state index contributed by atoms with van der Waals surface area (Å²) in [6, 6.07) is 8.09. The fourth-order valence-electron chi connectivity index (χ4n) is 3.38.